The average Bonchev–Trinajstić information content (AvgIpc) is 3.77. The van der Waals surface area contributed by atoms with E-state index in [0.29, 0.717) is 5.82 Å². The van der Waals surface area contributed by atoms with E-state index in [-0.39, 0.29) is 6.04 Å². The van der Waals surface area contributed by atoms with E-state index in [1.165, 1.54) is 27.4 Å². The number of aromatic nitrogens is 5. The van der Waals surface area contributed by atoms with Crippen molar-refractivity contribution in [3.8, 4) is 39.5 Å². The summed E-state index contributed by atoms with van der Waals surface area (Å²) in [7, 11) is 0. The molecule has 0 fully saturated rings. The summed E-state index contributed by atoms with van der Waals surface area (Å²) < 4.78 is 4.75. The summed E-state index contributed by atoms with van der Waals surface area (Å²) in [6.07, 6.45) is 17.5. The quantitative estimate of drug-likeness (QED) is 0.132. The molecule has 0 aliphatic heterocycles. The lowest BCUT2D eigenvalue weighted by Gasteiger charge is -2.13. The number of para-hydroxylation sites is 1. The molecule has 9 aromatic rings. The van der Waals surface area contributed by atoms with Gasteiger partial charge in [-0.2, -0.15) is 0 Å². The van der Waals surface area contributed by atoms with Gasteiger partial charge in [-0.1, -0.05) is 135 Å². The highest BCUT2D eigenvalue weighted by Gasteiger charge is 2.19. The number of hydrogen-bond acceptors (Lipinski definition) is 3. The second-order valence-corrected chi connectivity index (χ2v) is 13.8. The Labute approximate surface area is 326 Å². The Morgan fingerprint density at radius 1 is 0.589 bits per heavy atom. The topological polar surface area (TPSA) is 48.5 Å². The molecule has 0 saturated carbocycles. The van der Waals surface area contributed by atoms with Crippen molar-refractivity contribution in [3.63, 3.8) is 0 Å². The van der Waals surface area contributed by atoms with Crippen LogP contribution in [0.5, 0.6) is 0 Å². The number of pyridine rings is 1. The highest BCUT2D eigenvalue weighted by atomic mass is 15.0. The van der Waals surface area contributed by atoms with E-state index in [9.17, 15) is 0 Å². The van der Waals surface area contributed by atoms with Gasteiger partial charge >= 0.3 is 0 Å². The number of allylic oxidation sites excluding steroid dienone is 7. The molecule has 0 amide bonds. The molecule has 1 atom stereocenters. The monoisotopic (exact) mass is 721 g/mol. The zero-order valence-corrected chi connectivity index (χ0v) is 31.1. The van der Waals surface area contributed by atoms with Crippen LogP contribution in [-0.4, -0.2) is 24.1 Å². The van der Waals surface area contributed by atoms with Crippen molar-refractivity contribution in [3.05, 3.63) is 201 Å². The Morgan fingerprint density at radius 3 is 2.20 bits per heavy atom. The molecule has 0 aliphatic rings. The van der Waals surface area contributed by atoms with Gasteiger partial charge in [-0.15, -0.1) is 0 Å². The fourth-order valence-electron chi connectivity index (χ4n) is 7.82. The second kappa shape index (κ2) is 14.8. The first kappa shape index (κ1) is 34.4. The Hall–Kier alpha value is -7.37. The molecule has 268 valence electrons. The summed E-state index contributed by atoms with van der Waals surface area (Å²) in [6, 6.07) is 47.2. The molecule has 4 aromatic heterocycles. The first-order chi connectivity index (χ1) is 27.6. The average molecular weight is 722 g/mol. The third kappa shape index (κ3) is 6.15. The van der Waals surface area contributed by atoms with Crippen LogP contribution >= 0.6 is 0 Å². The van der Waals surface area contributed by atoms with Crippen molar-refractivity contribution in [2.24, 2.45) is 0 Å². The van der Waals surface area contributed by atoms with Gasteiger partial charge in [0, 0.05) is 50.7 Å². The van der Waals surface area contributed by atoms with Gasteiger partial charge in [0.2, 0.25) is 0 Å². The predicted molar refractivity (Wildman–Crippen MR) is 236 cm³/mol. The summed E-state index contributed by atoms with van der Waals surface area (Å²) in [5.74, 6) is 0.682. The number of rotatable bonds is 10. The first-order valence-electron chi connectivity index (χ1n) is 18.8. The molecule has 56 heavy (non-hydrogen) atoms. The SMILES string of the molecule is C=C/C=C\C=Cc1cc(-c2ccc(-n3c4cc(-c5cccc6c5c5ccccc5n6C(C)/C=C\C=C)ccc4c4ncccc43)cc2)nc(-c2ccccc2)n1. The van der Waals surface area contributed by atoms with Gasteiger partial charge in [-0.3, -0.25) is 4.98 Å². The van der Waals surface area contributed by atoms with Crippen LogP contribution in [0.25, 0.3) is 89.3 Å². The van der Waals surface area contributed by atoms with Gasteiger partial charge in [0.25, 0.3) is 0 Å². The Bertz CT molecular complexity index is 3010. The Kier molecular flexibility index (Phi) is 9.10. The van der Waals surface area contributed by atoms with E-state index in [4.69, 9.17) is 15.0 Å². The third-order valence-electron chi connectivity index (χ3n) is 10.3. The molecular weight excluding hydrogens is 683 g/mol. The molecule has 5 nitrogen and oxygen atoms in total. The van der Waals surface area contributed by atoms with Gasteiger partial charge in [0.15, 0.2) is 5.82 Å². The molecule has 5 aromatic carbocycles. The van der Waals surface area contributed by atoms with Crippen LogP contribution < -0.4 is 0 Å². The van der Waals surface area contributed by atoms with Crippen molar-refractivity contribution in [2.45, 2.75) is 13.0 Å². The predicted octanol–water partition coefficient (Wildman–Crippen LogP) is 13.1. The molecular formula is C51H39N5. The van der Waals surface area contributed by atoms with Crippen LogP contribution in [0.4, 0.5) is 0 Å². The number of benzene rings is 5. The van der Waals surface area contributed by atoms with Crippen molar-refractivity contribution < 1.29 is 0 Å². The molecule has 0 spiro atoms. The molecule has 0 bridgehead atoms. The van der Waals surface area contributed by atoms with Crippen LogP contribution in [0.1, 0.15) is 18.7 Å². The zero-order chi connectivity index (χ0) is 38.0. The van der Waals surface area contributed by atoms with Crippen LogP contribution in [0.2, 0.25) is 0 Å². The van der Waals surface area contributed by atoms with Crippen LogP contribution in [0.15, 0.2) is 195 Å². The van der Waals surface area contributed by atoms with Crippen LogP contribution in [0, 0.1) is 0 Å². The van der Waals surface area contributed by atoms with Crippen LogP contribution in [-0.2, 0) is 0 Å². The lowest BCUT2D eigenvalue weighted by atomic mass is 9.98. The van der Waals surface area contributed by atoms with Crippen molar-refractivity contribution in [2.75, 3.05) is 0 Å². The number of fused-ring (bicyclic) bond motifs is 6. The Balaban J connectivity index is 1.18. The van der Waals surface area contributed by atoms with Crippen molar-refractivity contribution in [1.29, 1.82) is 0 Å². The fourth-order valence-corrected chi connectivity index (χ4v) is 7.82. The molecule has 0 saturated heterocycles. The maximum absolute atomic E-state index is 5.02. The third-order valence-corrected chi connectivity index (χ3v) is 10.3. The second-order valence-electron chi connectivity index (χ2n) is 13.8. The van der Waals surface area contributed by atoms with E-state index in [2.05, 4.69) is 126 Å². The standard InChI is InChI=1S/C51H39N5/c1-4-6-8-12-20-39-34-44(54-51(53-39)37-18-10-9-11-19-37)36-26-29-40(30-27-36)56-47-25-16-32-52-50(47)43-31-28-38(33-48(43)56)41-22-15-24-46-49(41)42-21-13-14-23-45(42)55(46)35(3)17-7-5-2/h4-35H,1-2H2,3H3/b8-6-,17-7-,20-12?. The van der Waals surface area contributed by atoms with Gasteiger partial charge < -0.3 is 9.13 Å². The minimum Gasteiger partial charge on any atom is -0.334 e. The van der Waals surface area contributed by atoms with E-state index in [0.717, 1.165) is 55.7 Å². The molecule has 9 rings (SSSR count). The Morgan fingerprint density at radius 2 is 1.36 bits per heavy atom. The lowest BCUT2D eigenvalue weighted by Crippen LogP contribution is -2.01. The highest BCUT2D eigenvalue weighted by Crippen LogP contribution is 2.41. The highest BCUT2D eigenvalue weighted by molar-refractivity contribution is 6.16. The zero-order valence-electron chi connectivity index (χ0n) is 31.1. The van der Waals surface area contributed by atoms with E-state index in [1.807, 2.05) is 85.1 Å². The van der Waals surface area contributed by atoms with Crippen LogP contribution in [0.3, 0.4) is 0 Å². The van der Waals surface area contributed by atoms with Gasteiger partial charge in [0.05, 0.1) is 33.5 Å². The molecule has 0 aliphatic carbocycles. The lowest BCUT2D eigenvalue weighted by molar-refractivity contribution is 0.710. The maximum Gasteiger partial charge on any atom is 0.160 e. The van der Waals surface area contributed by atoms with Gasteiger partial charge in [-0.25, -0.2) is 9.97 Å². The van der Waals surface area contributed by atoms with E-state index >= 15 is 0 Å². The van der Waals surface area contributed by atoms with Gasteiger partial charge in [-0.05, 0) is 78.7 Å². The molecule has 1 unspecified atom stereocenters. The summed E-state index contributed by atoms with van der Waals surface area (Å²) >= 11 is 0. The molecule has 4 heterocycles. The smallest absolute Gasteiger partial charge is 0.160 e. The molecule has 5 heteroatoms. The van der Waals surface area contributed by atoms with E-state index < -0.39 is 0 Å². The summed E-state index contributed by atoms with van der Waals surface area (Å²) in [4.78, 5) is 14.8. The minimum absolute atomic E-state index is 0.152. The summed E-state index contributed by atoms with van der Waals surface area (Å²) in [5.41, 5.74) is 12.6. The summed E-state index contributed by atoms with van der Waals surface area (Å²) in [6.45, 7) is 9.89. The van der Waals surface area contributed by atoms with Crippen molar-refractivity contribution in [1.82, 2.24) is 24.1 Å². The van der Waals surface area contributed by atoms with Gasteiger partial charge in [0.1, 0.15) is 0 Å². The van der Waals surface area contributed by atoms with Crippen molar-refractivity contribution >= 4 is 49.8 Å². The maximum atomic E-state index is 5.02. The molecule has 0 radical (unpaired) electrons. The molecule has 0 N–H and O–H groups in total. The fraction of sp³-hybridized carbons (Fsp3) is 0.0392. The number of hydrogen-bond donors (Lipinski definition) is 0. The van der Waals surface area contributed by atoms with E-state index in [1.54, 1.807) is 6.08 Å². The largest absolute Gasteiger partial charge is 0.334 e. The first-order valence-corrected chi connectivity index (χ1v) is 18.8. The number of nitrogens with zero attached hydrogens (tertiary/aromatic N) is 5. The minimum atomic E-state index is 0.152. The normalized spacial score (nSPS) is 12.6. The summed E-state index contributed by atoms with van der Waals surface area (Å²) in [5, 5.41) is 3.59.